The lowest BCUT2D eigenvalue weighted by molar-refractivity contribution is -0.133. The molecule has 96 valence electrons. The molecule has 1 fully saturated rings. The van der Waals surface area contributed by atoms with Crippen LogP contribution in [0.3, 0.4) is 0 Å². The molecule has 0 bridgehead atoms. The SMILES string of the molecule is CC1(C)C(=O)NCCN1C(=O)c1ccccc1S. The Kier molecular flexibility index (Phi) is 3.34. The predicted octanol–water partition coefficient (Wildman–Crippen LogP) is 1.33. The molecule has 1 aliphatic rings. The molecule has 1 N–H and O–H groups in total. The van der Waals surface area contributed by atoms with Crippen molar-refractivity contribution in [1.29, 1.82) is 0 Å². The molecule has 1 aliphatic heterocycles. The van der Waals surface area contributed by atoms with E-state index < -0.39 is 5.54 Å². The number of hydrogen-bond donors (Lipinski definition) is 2. The Morgan fingerprint density at radius 3 is 2.72 bits per heavy atom. The summed E-state index contributed by atoms with van der Waals surface area (Å²) in [6, 6.07) is 7.12. The molecule has 0 spiro atoms. The van der Waals surface area contributed by atoms with Crippen LogP contribution in [0.4, 0.5) is 0 Å². The highest BCUT2D eigenvalue weighted by molar-refractivity contribution is 7.80. The van der Waals surface area contributed by atoms with Crippen molar-refractivity contribution in [3.8, 4) is 0 Å². The highest BCUT2D eigenvalue weighted by atomic mass is 32.1. The summed E-state index contributed by atoms with van der Waals surface area (Å²) in [5.41, 5.74) is -0.297. The van der Waals surface area contributed by atoms with Crippen LogP contribution in [0.1, 0.15) is 24.2 Å². The van der Waals surface area contributed by atoms with Crippen molar-refractivity contribution in [3.05, 3.63) is 29.8 Å². The van der Waals surface area contributed by atoms with Gasteiger partial charge in [0.15, 0.2) is 0 Å². The molecule has 2 rings (SSSR count). The molecule has 0 radical (unpaired) electrons. The molecule has 5 heteroatoms. The maximum absolute atomic E-state index is 12.5. The van der Waals surface area contributed by atoms with E-state index in [2.05, 4.69) is 17.9 Å². The van der Waals surface area contributed by atoms with E-state index in [-0.39, 0.29) is 11.8 Å². The Balaban J connectivity index is 2.34. The molecule has 1 aromatic carbocycles. The number of benzene rings is 1. The fourth-order valence-corrected chi connectivity index (χ4v) is 2.31. The Morgan fingerprint density at radius 2 is 2.06 bits per heavy atom. The summed E-state index contributed by atoms with van der Waals surface area (Å²) in [5.74, 6) is -0.279. The topological polar surface area (TPSA) is 49.4 Å². The summed E-state index contributed by atoms with van der Waals surface area (Å²) >= 11 is 4.29. The second-order valence-corrected chi connectivity index (χ2v) is 5.27. The van der Waals surface area contributed by atoms with Crippen LogP contribution >= 0.6 is 12.6 Å². The first kappa shape index (κ1) is 13.0. The lowest BCUT2D eigenvalue weighted by atomic mass is 9.97. The van der Waals surface area contributed by atoms with Gasteiger partial charge in [-0.15, -0.1) is 12.6 Å². The number of nitrogens with zero attached hydrogens (tertiary/aromatic N) is 1. The summed E-state index contributed by atoms with van der Waals surface area (Å²) < 4.78 is 0. The molecule has 1 saturated heterocycles. The summed E-state index contributed by atoms with van der Waals surface area (Å²) in [4.78, 5) is 26.5. The Morgan fingerprint density at radius 1 is 1.39 bits per heavy atom. The van der Waals surface area contributed by atoms with Crippen LogP contribution in [0.5, 0.6) is 0 Å². The van der Waals surface area contributed by atoms with Gasteiger partial charge in [0.1, 0.15) is 5.54 Å². The molecule has 1 aromatic rings. The number of hydrogen-bond acceptors (Lipinski definition) is 3. The fourth-order valence-electron chi connectivity index (χ4n) is 2.05. The van der Waals surface area contributed by atoms with E-state index in [1.807, 2.05) is 6.07 Å². The average Bonchev–Trinajstić information content (AvgIpc) is 2.32. The third-order valence-electron chi connectivity index (χ3n) is 3.23. The smallest absolute Gasteiger partial charge is 0.255 e. The number of amides is 2. The zero-order valence-electron chi connectivity index (χ0n) is 10.4. The van der Waals surface area contributed by atoms with Crippen molar-refractivity contribution >= 4 is 24.4 Å². The van der Waals surface area contributed by atoms with Gasteiger partial charge in [-0.05, 0) is 26.0 Å². The van der Waals surface area contributed by atoms with Crippen molar-refractivity contribution in [2.75, 3.05) is 13.1 Å². The minimum atomic E-state index is -0.828. The Hall–Kier alpha value is -1.49. The van der Waals surface area contributed by atoms with Crippen LogP contribution in [0.25, 0.3) is 0 Å². The second kappa shape index (κ2) is 4.65. The van der Waals surface area contributed by atoms with E-state index in [9.17, 15) is 9.59 Å². The first-order valence-corrected chi connectivity index (χ1v) is 6.27. The molecular weight excluding hydrogens is 248 g/mol. The lowest BCUT2D eigenvalue weighted by Crippen LogP contribution is -2.63. The first-order chi connectivity index (χ1) is 8.44. The fraction of sp³-hybridized carbons (Fsp3) is 0.385. The number of nitrogens with one attached hydrogen (secondary N) is 1. The number of carbonyl (C=O) groups excluding carboxylic acids is 2. The van der Waals surface area contributed by atoms with E-state index in [1.165, 1.54) is 0 Å². The number of rotatable bonds is 1. The third-order valence-corrected chi connectivity index (χ3v) is 3.62. The van der Waals surface area contributed by atoms with Crippen LogP contribution in [-0.2, 0) is 4.79 Å². The van der Waals surface area contributed by atoms with E-state index in [4.69, 9.17) is 0 Å². The molecule has 0 saturated carbocycles. The van der Waals surface area contributed by atoms with E-state index in [1.54, 1.807) is 36.9 Å². The maximum atomic E-state index is 12.5. The first-order valence-electron chi connectivity index (χ1n) is 5.83. The van der Waals surface area contributed by atoms with E-state index in [0.717, 1.165) is 0 Å². The predicted molar refractivity (Wildman–Crippen MR) is 71.8 cm³/mol. The van der Waals surface area contributed by atoms with E-state index >= 15 is 0 Å². The van der Waals surface area contributed by atoms with Gasteiger partial charge in [-0.3, -0.25) is 9.59 Å². The Bertz CT molecular complexity index is 500. The van der Waals surface area contributed by atoms with Crippen LogP contribution < -0.4 is 5.32 Å². The zero-order chi connectivity index (χ0) is 13.3. The summed E-state index contributed by atoms with van der Waals surface area (Å²) in [6.45, 7) is 4.50. The van der Waals surface area contributed by atoms with Crippen LogP contribution in [0.2, 0.25) is 0 Å². The van der Waals surface area contributed by atoms with Crippen molar-refractivity contribution in [2.24, 2.45) is 0 Å². The molecule has 0 unspecified atom stereocenters. The van der Waals surface area contributed by atoms with Crippen LogP contribution in [0, 0.1) is 0 Å². The highest BCUT2D eigenvalue weighted by Gasteiger charge is 2.40. The van der Waals surface area contributed by atoms with Crippen molar-refractivity contribution in [2.45, 2.75) is 24.3 Å². The minimum absolute atomic E-state index is 0.126. The lowest BCUT2D eigenvalue weighted by Gasteiger charge is -2.41. The van der Waals surface area contributed by atoms with Crippen molar-refractivity contribution in [1.82, 2.24) is 10.2 Å². The molecule has 0 aromatic heterocycles. The number of piperazine rings is 1. The molecule has 1 heterocycles. The normalized spacial score (nSPS) is 18.4. The molecule has 4 nitrogen and oxygen atoms in total. The van der Waals surface area contributed by atoms with Crippen LogP contribution in [0.15, 0.2) is 29.2 Å². The van der Waals surface area contributed by atoms with Crippen molar-refractivity contribution < 1.29 is 9.59 Å². The third kappa shape index (κ3) is 2.10. The second-order valence-electron chi connectivity index (χ2n) is 4.79. The van der Waals surface area contributed by atoms with Gasteiger partial charge >= 0.3 is 0 Å². The number of thiol groups is 1. The molecular formula is C13H16N2O2S. The standard InChI is InChI=1S/C13H16N2O2S/c1-13(2)12(17)14-7-8-15(13)11(16)9-5-3-4-6-10(9)18/h3-6,18H,7-8H2,1-2H3,(H,14,17). The van der Waals surface area contributed by atoms with Gasteiger partial charge in [0.25, 0.3) is 5.91 Å². The quantitative estimate of drug-likeness (QED) is 0.752. The summed E-state index contributed by atoms with van der Waals surface area (Å²) in [7, 11) is 0. The Labute approximate surface area is 112 Å². The maximum Gasteiger partial charge on any atom is 0.255 e. The van der Waals surface area contributed by atoms with Gasteiger partial charge in [-0.1, -0.05) is 12.1 Å². The minimum Gasteiger partial charge on any atom is -0.352 e. The largest absolute Gasteiger partial charge is 0.352 e. The summed E-state index contributed by atoms with van der Waals surface area (Å²) in [6.07, 6.45) is 0. The van der Waals surface area contributed by atoms with Gasteiger partial charge < -0.3 is 10.2 Å². The van der Waals surface area contributed by atoms with Gasteiger partial charge in [-0.25, -0.2) is 0 Å². The number of carbonyl (C=O) groups is 2. The molecule has 18 heavy (non-hydrogen) atoms. The van der Waals surface area contributed by atoms with Gasteiger partial charge in [0.2, 0.25) is 5.91 Å². The highest BCUT2D eigenvalue weighted by Crippen LogP contribution is 2.23. The van der Waals surface area contributed by atoms with Crippen molar-refractivity contribution in [3.63, 3.8) is 0 Å². The van der Waals surface area contributed by atoms with Gasteiger partial charge in [0.05, 0.1) is 5.56 Å². The zero-order valence-corrected chi connectivity index (χ0v) is 11.3. The van der Waals surface area contributed by atoms with Crippen LogP contribution in [-0.4, -0.2) is 35.3 Å². The van der Waals surface area contributed by atoms with Gasteiger partial charge in [0, 0.05) is 18.0 Å². The summed E-state index contributed by atoms with van der Waals surface area (Å²) in [5, 5.41) is 2.77. The molecule has 0 atom stereocenters. The van der Waals surface area contributed by atoms with E-state index in [0.29, 0.717) is 23.5 Å². The molecule has 0 aliphatic carbocycles. The monoisotopic (exact) mass is 264 g/mol. The average molecular weight is 264 g/mol. The van der Waals surface area contributed by atoms with Gasteiger partial charge in [-0.2, -0.15) is 0 Å². The molecule has 2 amide bonds.